The largest absolute Gasteiger partial charge is 0.496 e. The number of nitrogens with one attached hydrogen (secondary N) is 1. The molecule has 2 heterocycles. The van der Waals surface area contributed by atoms with Crippen LogP contribution in [0.3, 0.4) is 0 Å². The first-order valence-electron chi connectivity index (χ1n) is 6.62. The Bertz CT molecular complexity index is 781. The molecule has 0 unspecified atom stereocenters. The fourth-order valence-corrected chi connectivity index (χ4v) is 2.34. The van der Waals surface area contributed by atoms with Crippen molar-refractivity contribution in [3.05, 3.63) is 42.6 Å². The van der Waals surface area contributed by atoms with Crippen molar-refractivity contribution in [2.75, 3.05) is 18.2 Å². The Morgan fingerprint density at radius 1 is 1.24 bits per heavy atom. The third kappa shape index (κ3) is 2.35. The van der Waals surface area contributed by atoms with Gasteiger partial charge in [0, 0.05) is 36.7 Å². The third-order valence-electron chi connectivity index (χ3n) is 3.47. The Balaban J connectivity index is 2.01. The molecule has 0 saturated heterocycles. The van der Waals surface area contributed by atoms with E-state index in [4.69, 9.17) is 10.5 Å². The van der Waals surface area contributed by atoms with E-state index in [0.29, 0.717) is 12.2 Å². The molecule has 6 heteroatoms. The van der Waals surface area contributed by atoms with Crippen molar-refractivity contribution in [1.82, 2.24) is 14.5 Å². The summed E-state index contributed by atoms with van der Waals surface area (Å²) in [6.07, 6.45) is 5.42. The van der Waals surface area contributed by atoms with Gasteiger partial charge in [-0.25, -0.2) is 9.97 Å². The summed E-state index contributed by atoms with van der Waals surface area (Å²) in [5.41, 5.74) is 6.77. The summed E-state index contributed by atoms with van der Waals surface area (Å²) in [6, 6.07) is 5.59. The van der Waals surface area contributed by atoms with E-state index >= 15 is 0 Å². The van der Waals surface area contributed by atoms with Gasteiger partial charge in [0.25, 0.3) is 0 Å². The van der Waals surface area contributed by atoms with E-state index in [1.54, 1.807) is 19.5 Å². The number of ether oxygens (including phenoxy) is 1. The average molecular weight is 283 g/mol. The molecule has 0 aliphatic heterocycles. The van der Waals surface area contributed by atoms with Crippen molar-refractivity contribution >= 4 is 22.3 Å². The topological polar surface area (TPSA) is 78.0 Å². The molecule has 0 saturated carbocycles. The molecule has 0 fully saturated rings. The number of nitrogens with two attached hydrogens (primary N) is 1. The Hall–Kier alpha value is -2.76. The second-order valence-corrected chi connectivity index (χ2v) is 4.75. The number of nitrogens with zero attached hydrogens (tertiary/aromatic N) is 3. The Labute approximate surface area is 122 Å². The van der Waals surface area contributed by atoms with Crippen molar-refractivity contribution in [2.24, 2.45) is 7.05 Å². The van der Waals surface area contributed by atoms with Gasteiger partial charge in [-0.2, -0.15) is 0 Å². The number of aromatic nitrogens is 3. The number of benzene rings is 1. The van der Waals surface area contributed by atoms with Crippen LogP contribution in [-0.4, -0.2) is 21.6 Å². The molecule has 6 nitrogen and oxygen atoms in total. The zero-order chi connectivity index (χ0) is 14.8. The number of imidazole rings is 1. The fraction of sp³-hybridized carbons (Fsp3) is 0.200. The zero-order valence-corrected chi connectivity index (χ0v) is 12.0. The minimum absolute atomic E-state index is 0.576. The molecule has 1 aromatic carbocycles. The van der Waals surface area contributed by atoms with Crippen molar-refractivity contribution in [3.8, 4) is 5.75 Å². The zero-order valence-electron chi connectivity index (χ0n) is 12.0. The standard InChI is InChI=1S/C15H17N5O/c1-20-8-7-17-13(20)9-19-15-14-10(5-6-18-15)12(21-2)4-3-11(14)16/h3-8H,9,16H2,1-2H3,(H,18,19). The van der Waals surface area contributed by atoms with Crippen LogP contribution in [-0.2, 0) is 13.6 Å². The maximum absolute atomic E-state index is 6.10. The van der Waals surface area contributed by atoms with Crippen LogP contribution < -0.4 is 15.8 Å². The normalized spacial score (nSPS) is 10.8. The molecule has 0 atom stereocenters. The SMILES string of the molecule is COc1ccc(N)c2c(NCc3nccn3C)nccc12. The summed E-state index contributed by atoms with van der Waals surface area (Å²) in [6.45, 7) is 0.576. The van der Waals surface area contributed by atoms with Gasteiger partial charge in [0.1, 0.15) is 17.4 Å². The van der Waals surface area contributed by atoms with Gasteiger partial charge in [0.05, 0.1) is 19.0 Å². The smallest absolute Gasteiger partial charge is 0.136 e. The number of methoxy groups -OCH3 is 1. The van der Waals surface area contributed by atoms with E-state index < -0.39 is 0 Å². The number of hydrogen-bond acceptors (Lipinski definition) is 5. The Kier molecular flexibility index (Phi) is 3.35. The summed E-state index contributed by atoms with van der Waals surface area (Å²) in [4.78, 5) is 8.67. The van der Waals surface area contributed by atoms with E-state index in [2.05, 4.69) is 15.3 Å². The molecule has 0 amide bonds. The lowest BCUT2D eigenvalue weighted by molar-refractivity contribution is 0.420. The van der Waals surface area contributed by atoms with Crippen LogP contribution in [0.5, 0.6) is 5.75 Å². The van der Waals surface area contributed by atoms with Gasteiger partial charge in [-0.1, -0.05) is 0 Å². The summed E-state index contributed by atoms with van der Waals surface area (Å²) >= 11 is 0. The monoisotopic (exact) mass is 283 g/mol. The van der Waals surface area contributed by atoms with Gasteiger partial charge < -0.3 is 20.4 Å². The summed E-state index contributed by atoms with van der Waals surface area (Å²) in [5, 5.41) is 5.10. The quantitative estimate of drug-likeness (QED) is 0.717. The highest BCUT2D eigenvalue weighted by Gasteiger charge is 2.10. The van der Waals surface area contributed by atoms with Gasteiger partial charge in [-0.3, -0.25) is 0 Å². The van der Waals surface area contributed by atoms with E-state index in [1.807, 2.05) is 36.0 Å². The van der Waals surface area contributed by atoms with E-state index in [0.717, 1.165) is 28.2 Å². The van der Waals surface area contributed by atoms with Gasteiger partial charge >= 0.3 is 0 Å². The molecule has 3 N–H and O–H groups in total. The summed E-state index contributed by atoms with van der Waals surface area (Å²) < 4.78 is 7.34. The molecule has 0 spiro atoms. The van der Waals surface area contributed by atoms with Crippen LogP contribution in [0.1, 0.15) is 5.82 Å². The molecule has 0 aliphatic carbocycles. The molecule has 3 rings (SSSR count). The van der Waals surface area contributed by atoms with Crippen LogP contribution in [0, 0.1) is 0 Å². The number of rotatable bonds is 4. The highest BCUT2D eigenvalue weighted by molar-refractivity contribution is 6.03. The first kappa shape index (κ1) is 13.2. The number of hydrogen-bond donors (Lipinski definition) is 2. The molecule has 0 aliphatic rings. The van der Waals surface area contributed by atoms with Crippen molar-refractivity contribution in [2.45, 2.75) is 6.54 Å². The molecule has 3 aromatic rings. The average Bonchev–Trinajstić information content (AvgIpc) is 2.91. The molecule has 108 valence electrons. The highest BCUT2D eigenvalue weighted by atomic mass is 16.5. The summed E-state index contributed by atoms with van der Waals surface area (Å²) in [5.74, 6) is 2.43. The minimum atomic E-state index is 0.576. The fourth-order valence-electron chi connectivity index (χ4n) is 2.34. The molecule has 2 aromatic heterocycles. The van der Waals surface area contributed by atoms with Crippen molar-refractivity contribution < 1.29 is 4.74 Å². The van der Waals surface area contributed by atoms with Crippen molar-refractivity contribution in [1.29, 1.82) is 0 Å². The highest BCUT2D eigenvalue weighted by Crippen LogP contribution is 2.33. The molecule has 0 radical (unpaired) electrons. The molecular formula is C15H17N5O. The molecule has 21 heavy (non-hydrogen) atoms. The number of nitrogen functional groups attached to an aromatic ring is 1. The number of fused-ring (bicyclic) bond motifs is 1. The Morgan fingerprint density at radius 2 is 2.10 bits per heavy atom. The lowest BCUT2D eigenvalue weighted by Gasteiger charge is -2.12. The third-order valence-corrected chi connectivity index (χ3v) is 3.47. The van der Waals surface area contributed by atoms with Crippen LogP contribution >= 0.6 is 0 Å². The number of anilines is 2. The van der Waals surface area contributed by atoms with Crippen molar-refractivity contribution in [3.63, 3.8) is 0 Å². The van der Waals surface area contributed by atoms with Crippen LogP contribution in [0.25, 0.3) is 10.8 Å². The van der Waals surface area contributed by atoms with Gasteiger partial charge in [0.2, 0.25) is 0 Å². The van der Waals surface area contributed by atoms with E-state index in [-0.39, 0.29) is 0 Å². The molecular weight excluding hydrogens is 266 g/mol. The predicted octanol–water partition coefficient (Wildman–Crippen LogP) is 2.17. The minimum Gasteiger partial charge on any atom is -0.496 e. The van der Waals surface area contributed by atoms with E-state index in [1.165, 1.54) is 0 Å². The van der Waals surface area contributed by atoms with Gasteiger partial charge in [-0.15, -0.1) is 0 Å². The Morgan fingerprint density at radius 3 is 2.81 bits per heavy atom. The van der Waals surface area contributed by atoms with Gasteiger partial charge in [-0.05, 0) is 18.2 Å². The molecule has 0 bridgehead atoms. The van der Waals surface area contributed by atoms with E-state index in [9.17, 15) is 0 Å². The number of pyridine rings is 1. The summed E-state index contributed by atoms with van der Waals surface area (Å²) in [7, 11) is 3.60. The van der Waals surface area contributed by atoms with Crippen LogP contribution in [0.4, 0.5) is 11.5 Å². The maximum Gasteiger partial charge on any atom is 0.136 e. The first-order valence-corrected chi connectivity index (χ1v) is 6.62. The van der Waals surface area contributed by atoms with Crippen LogP contribution in [0.2, 0.25) is 0 Å². The first-order chi connectivity index (χ1) is 10.2. The second-order valence-electron chi connectivity index (χ2n) is 4.75. The van der Waals surface area contributed by atoms with Crippen LogP contribution in [0.15, 0.2) is 36.8 Å². The van der Waals surface area contributed by atoms with Gasteiger partial charge in [0.15, 0.2) is 0 Å². The maximum atomic E-state index is 6.10. The lowest BCUT2D eigenvalue weighted by Crippen LogP contribution is -2.07. The second kappa shape index (κ2) is 5.32. The number of aryl methyl sites for hydroxylation is 1. The predicted molar refractivity (Wildman–Crippen MR) is 83.2 cm³/mol. The lowest BCUT2D eigenvalue weighted by atomic mass is 10.1.